The van der Waals surface area contributed by atoms with Gasteiger partial charge in [-0.05, 0) is 61.2 Å². The van der Waals surface area contributed by atoms with Crippen LogP contribution in [0.3, 0.4) is 0 Å². The van der Waals surface area contributed by atoms with Crippen LogP contribution in [0.1, 0.15) is 34.9 Å². The Labute approximate surface area is 220 Å². The first-order valence-electron chi connectivity index (χ1n) is 12.5. The molecule has 7 nitrogen and oxygen atoms in total. The van der Waals surface area contributed by atoms with E-state index in [4.69, 9.17) is 9.84 Å². The number of benzene rings is 2. The van der Waals surface area contributed by atoms with Crippen LogP contribution >= 0.6 is 11.3 Å². The smallest absolute Gasteiger partial charge is 0.328 e. The van der Waals surface area contributed by atoms with Crippen molar-refractivity contribution in [3.05, 3.63) is 76.7 Å². The van der Waals surface area contributed by atoms with Gasteiger partial charge in [0.05, 0.1) is 18.7 Å². The number of aliphatic hydroxyl groups excluding tert-OH is 1. The summed E-state index contributed by atoms with van der Waals surface area (Å²) in [6.45, 7) is 3.22. The Morgan fingerprint density at radius 2 is 2.03 bits per heavy atom. The van der Waals surface area contributed by atoms with Crippen molar-refractivity contribution in [3.8, 4) is 5.88 Å². The van der Waals surface area contributed by atoms with E-state index in [0.29, 0.717) is 29.5 Å². The molecule has 0 spiro atoms. The van der Waals surface area contributed by atoms with Gasteiger partial charge in [0.15, 0.2) is 0 Å². The number of carboxylic acids is 1. The van der Waals surface area contributed by atoms with Gasteiger partial charge in [-0.2, -0.15) is 0 Å². The molecule has 3 heterocycles. The number of fused-ring (bicyclic) bond motifs is 2. The van der Waals surface area contributed by atoms with Crippen molar-refractivity contribution in [1.82, 2.24) is 15.2 Å². The van der Waals surface area contributed by atoms with Crippen LogP contribution in [0.15, 0.2) is 60.7 Å². The minimum Gasteiger partial charge on any atom is -0.481 e. The summed E-state index contributed by atoms with van der Waals surface area (Å²) in [5.41, 5.74) is 2.07. The molecule has 1 atom stereocenters. The molecule has 37 heavy (non-hydrogen) atoms. The van der Waals surface area contributed by atoms with E-state index in [1.807, 2.05) is 29.5 Å². The molecule has 1 unspecified atom stereocenters. The Bertz CT molecular complexity index is 1390. The number of aliphatic carboxylic acids is 1. The highest BCUT2D eigenvalue weighted by Gasteiger charge is 2.23. The zero-order valence-corrected chi connectivity index (χ0v) is 21.6. The number of β-amino-alcohol motifs (C(OH)–C–C–N with tert-alkyl or cyclic N) is 1. The minimum absolute atomic E-state index is 0.450. The minimum atomic E-state index is -1.01. The van der Waals surface area contributed by atoms with E-state index in [2.05, 4.69) is 45.5 Å². The number of hydrogen-bond acceptors (Lipinski definition) is 7. The fourth-order valence-electron chi connectivity index (χ4n) is 4.96. The maximum absolute atomic E-state index is 11.2. The van der Waals surface area contributed by atoms with Crippen LogP contribution in [0.4, 0.5) is 0 Å². The monoisotopic (exact) mass is 517 g/mol. The number of ether oxygens (including phenoxy) is 1. The zero-order valence-electron chi connectivity index (χ0n) is 20.8. The van der Waals surface area contributed by atoms with E-state index in [1.54, 1.807) is 19.3 Å². The van der Waals surface area contributed by atoms with Crippen LogP contribution in [0.5, 0.6) is 5.88 Å². The quantitative estimate of drug-likeness (QED) is 0.273. The first-order chi connectivity index (χ1) is 18.0. The van der Waals surface area contributed by atoms with Crippen molar-refractivity contribution in [2.75, 3.05) is 26.7 Å². The summed E-state index contributed by atoms with van der Waals surface area (Å²) in [6, 6.07) is 18.5. The summed E-state index contributed by atoms with van der Waals surface area (Å²) in [5.74, 6) is -0.564. The Morgan fingerprint density at radius 3 is 2.78 bits per heavy atom. The third-order valence-corrected chi connectivity index (χ3v) is 8.05. The lowest BCUT2D eigenvalue weighted by molar-refractivity contribution is -0.131. The number of rotatable bonds is 9. The number of pyridine rings is 1. The zero-order chi connectivity index (χ0) is 25.8. The van der Waals surface area contributed by atoms with Crippen LogP contribution in [0, 0.1) is 0 Å². The number of nitrogens with zero attached hydrogens (tertiary/aromatic N) is 2. The van der Waals surface area contributed by atoms with Crippen molar-refractivity contribution in [1.29, 1.82) is 0 Å². The van der Waals surface area contributed by atoms with Gasteiger partial charge in [0, 0.05) is 51.8 Å². The molecule has 0 radical (unpaired) electrons. The highest BCUT2D eigenvalue weighted by molar-refractivity contribution is 7.19. The molecule has 0 aliphatic carbocycles. The Balaban J connectivity index is 1.21. The van der Waals surface area contributed by atoms with Crippen LogP contribution in [0.2, 0.25) is 0 Å². The van der Waals surface area contributed by atoms with E-state index in [0.717, 1.165) is 49.5 Å². The summed E-state index contributed by atoms with van der Waals surface area (Å²) >= 11 is 1.85. The molecule has 3 N–H and O–H groups in total. The molecule has 0 bridgehead atoms. The molecule has 1 aliphatic rings. The summed E-state index contributed by atoms with van der Waals surface area (Å²) < 4.78 is 6.63. The van der Waals surface area contributed by atoms with Gasteiger partial charge in [0.25, 0.3) is 0 Å². The number of carboxylic acid groups (broad SMARTS) is 1. The fraction of sp³-hybridized carbons (Fsp3) is 0.310. The molecule has 1 fully saturated rings. The second kappa shape index (κ2) is 11.4. The maximum atomic E-state index is 11.2. The van der Waals surface area contributed by atoms with Crippen molar-refractivity contribution in [3.63, 3.8) is 0 Å². The average molecular weight is 518 g/mol. The van der Waals surface area contributed by atoms with Crippen LogP contribution < -0.4 is 10.1 Å². The summed E-state index contributed by atoms with van der Waals surface area (Å²) in [7, 11) is 1.55. The molecule has 0 saturated carbocycles. The molecule has 2 aromatic carbocycles. The fourth-order valence-corrected chi connectivity index (χ4v) is 5.98. The van der Waals surface area contributed by atoms with Gasteiger partial charge in [-0.15, -0.1) is 11.3 Å². The van der Waals surface area contributed by atoms with Crippen LogP contribution in [0.25, 0.3) is 27.1 Å². The third-order valence-electron chi connectivity index (χ3n) is 6.93. The molecule has 8 heteroatoms. The van der Waals surface area contributed by atoms with E-state index < -0.39 is 12.1 Å². The highest BCUT2D eigenvalue weighted by atomic mass is 32.1. The number of nitrogens with one attached hydrogen (secondary N) is 1. The van der Waals surface area contributed by atoms with E-state index in [9.17, 15) is 9.90 Å². The molecule has 4 aromatic rings. The summed E-state index contributed by atoms with van der Waals surface area (Å²) in [4.78, 5) is 19.2. The number of likely N-dealkylation sites (tertiary alicyclic amines) is 1. The van der Waals surface area contributed by atoms with Gasteiger partial charge >= 0.3 is 5.97 Å². The summed E-state index contributed by atoms with van der Waals surface area (Å²) in [6.07, 6.45) is 3.99. The highest BCUT2D eigenvalue weighted by Crippen LogP contribution is 2.30. The van der Waals surface area contributed by atoms with Crippen LogP contribution in [-0.2, 0) is 11.3 Å². The predicted molar refractivity (Wildman–Crippen MR) is 148 cm³/mol. The third kappa shape index (κ3) is 5.99. The number of methoxy groups -OCH3 is 1. The van der Waals surface area contributed by atoms with Gasteiger partial charge in [0.2, 0.25) is 5.88 Å². The van der Waals surface area contributed by atoms with E-state index in [1.165, 1.54) is 15.0 Å². The Kier molecular flexibility index (Phi) is 7.81. The first kappa shape index (κ1) is 25.4. The standard InChI is InChI=1S/C29H31N3O4S/c1-36-27-10-9-23-19(7-11-28(34)35)6-8-24(29(23)31-27)25(33)18-32-14-12-21(13-15-32)30-17-22-16-20-4-2-3-5-26(20)37-22/h2-11,16,21,25,30,33H,12-15,17-18H2,1H3,(H,34,35)/b11-7+. The van der Waals surface area contributed by atoms with Gasteiger partial charge in [-0.1, -0.05) is 30.3 Å². The van der Waals surface area contributed by atoms with Gasteiger partial charge in [0.1, 0.15) is 0 Å². The molecule has 2 aromatic heterocycles. The average Bonchev–Trinajstić information content (AvgIpc) is 3.34. The second-order valence-corrected chi connectivity index (χ2v) is 10.6. The largest absolute Gasteiger partial charge is 0.481 e. The summed E-state index contributed by atoms with van der Waals surface area (Å²) in [5, 5.41) is 26.0. The number of aromatic nitrogens is 1. The molecule has 0 amide bonds. The number of thiophene rings is 1. The van der Waals surface area contributed by atoms with Gasteiger partial charge in [-0.25, -0.2) is 9.78 Å². The lowest BCUT2D eigenvalue weighted by atomic mass is 9.98. The number of piperidine rings is 1. The van der Waals surface area contributed by atoms with Gasteiger partial charge in [-0.3, -0.25) is 0 Å². The van der Waals surface area contributed by atoms with Crippen molar-refractivity contribution in [2.45, 2.75) is 31.5 Å². The Hall–Kier alpha value is -3.30. The van der Waals surface area contributed by atoms with Crippen molar-refractivity contribution >= 4 is 44.4 Å². The molecule has 192 valence electrons. The molecular formula is C29H31N3O4S. The maximum Gasteiger partial charge on any atom is 0.328 e. The number of aliphatic hydroxyl groups is 1. The predicted octanol–water partition coefficient (Wildman–Crippen LogP) is 4.84. The lowest BCUT2D eigenvalue weighted by Crippen LogP contribution is -2.43. The SMILES string of the molecule is COc1ccc2c(/C=C/C(=O)O)ccc(C(O)CN3CCC(NCc4cc5ccccc5s4)CC3)c2n1. The number of carbonyl (C=O) groups is 1. The van der Waals surface area contributed by atoms with E-state index in [-0.39, 0.29) is 0 Å². The van der Waals surface area contributed by atoms with Crippen molar-refractivity contribution in [2.24, 2.45) is 0 Å². The van der Waals surface area contributed by atoms with Gasteiger partial charge < -0.3 is 25.2 Å². The Morgan fingerprint density at radius 1 is 1.22 bits per heavy atom. The molecule has 1 saturated heterocycles. The molecular weight excluding hydrogens is 486 g/mol. The van der Waals surface area contributed by atoms with Crippen LogP contribution in [-0.4, -0.2) is 58.9 Å². The lowest BCUT2D eigenvalue weighted by Gasteiger charge is -2.33. The topological polar surface area (TPSA) is 94.9 Å². The molecule has 5 rings (SSSR count). The molecule has 1 aliphatic heterocycles. The van der Waals surface area contributed by atoms with Crippen molar-refractivity contribution < 1.29 is 19.7 Å². The first-order valence-corrected chi connectivity index (χ1v) is 13.3. The normalized spacial score (nSPS) is 16.1. The van der Waals surface area contributed by atoms with E-state index >= 15 is 0 Å². The number of hydrogen-bond donors (Lipinski definition) is 3. The second-order valence-electron chi connectivity index (χ2n) is 9.39.